The number of hydrogen-bond donors (Lipinski definition) is 3. The van der Waals surface area contributed by atoms with Crippen molar-refractivity contribution < 1.29 is 14.7 Å². The Kier molecular flexibility index (Phi) is 3.38. The maximum absolute atomic E-state index is 12.0. The fourth-order valence-electron chi connectivity index (χ4n) is 4.31. The first kappa shape index (κ1) is 13.7. The van der Waals surface area contributed by atoms with Crippen LogP contribution in [0.4, 0.5) is 4.79 Å². The monoisotopic (exact) mass is 280 g/mol. The van der Waals surface area contributed by atoms with Gasteiger partial charge in [-0.2, -0.15) is 0 Å². The molecule has 112 valence electrons. The molecular weight excluding hydrogens is 256 g/mol. The molecule has 3 rings (SSSR count). The molecule has 4 atom stereocenters. The maximum atomic E-state index is 12.0. The van der Waals surface area contributed by atoms with Gasteiger partial charge in [0.05, 0.1) is 5.92 Å². The van der Waals surface area contributed by atoms with Gasteiger partial charge in [0, 0.05) is 12.6 Å². The minimum absolute atomic E-state index is 0.180. The number of hydrogen-bond acceptors (Lipinski definition) is 2. The number of carbonyl (C=O) groups excluding carboxylic acids is 1. The highest BCUT2D eigenvalue weighted by Crippen LogP contribution is 2.48. The normalized spacial score (nSPS) is 37.2. The summed E-state index contributed by atoms with van der Waals surface area (Å²) in [7, 11) is 0. The van der Waals surface area contributed by atoms with Crippen LogP contribution in [0.1, 0.15) is 45.4 Å². The summed E-state index contributed by atoms with van der Waals surface area (Å²) in [6.45, 7) is 2.88. The van der Waals surface area contributed by atoms with Crippen molar-refractivity contribution in [3.05, 3.63) is 0 Å². The second-order valence-corrected chi connectivity index (χ2v) is 7.21. The quantitative estimate of drug-likeness (QED) is 0.736. The summed E-state index contributed by atoms with van der Waals surface area (Å²) >= 11 is 0. The molecule has 3 N–H and O–H groups in total. The zero-order valence-electron chi connectivity index (χ0n) is 12.0. The molecule has 0 aromatic heterocycles. The van der Waals surface area contributed by atoms with E-state index in [1.807, 2.05) is 0 Å². The van der Waals surface area contributed by atoms with E-state index >= 15 is 0 Å². The van der Waals surface area contributed by atoms with Crippen LogP contribution in [0.15, 0.2) is 0 Å². The Labute approximate surface area is 119 Å². The first-order valence-electron chi connectivity index (χ1n) is 7.76. The molecule has 3 fully saturated rings. The fourth-order valence-corrected chi connectivity index (χ4v) is 4.31. The van der Waals surface area contributed by atoms with Crippen LogP contribution in [-0.2, 0) is 4.79 Å². The van der Waals surface area contributed by atoms with Gasteiger partial charge in [-0.05, 0) is 49.4 Å². The van der Waals surface area contributed by atoms with Gasteiger partial charge >= 0.3 is 12.0 Å². The molecule has 2 amide bonds. The Morgan fingerprint density at radius 3 is 2.55 bits per heavy atom. The number of rotatable bonds is 4. The highest BCUT2D eigenvalue weighted by atomic mass is 16.4. The third kappa shape index (κ3) is 2.38. The lowest BCUT2D eigenvalue weighted by Crippen LogP contribution is -2.52. The number of carboxylic acids is 1. The van der Waals surface area contributed by atoms with Gasteiger partial charge in [0.1, 0.15) is 0 Å². The zero-order chi connectivity index (χ0) is 14.3. The molecule has 0 radical (unpaired) electrons. The van der Waals surface area contributed by atoms with Crippen molar-refractivity contribution in [3.8, 4) is 0 Å². The van der Waals surface area contributed by atoms with E-state index in [0.29, 0.717) is 12.5 Å². The zero-order valence-corrected chi connectivity index (χ0v) is 12.0. The topological polar surface area (TPSA) is 78.4 Å². The van der Waals surface area contributed by atoms with Crippen LogP contribution in [0.3, 0.4) is 0 Å². The van der Waals surface area contributed by atoms with E-state index in [-0.39, 0.29) is 23.4 Å². The third-order valence-electron chi connectivity index (χ3n) is 5.74. The number of urea groups is 1. The smallest absolute Gasteiger partial charge is 0.315 e. The first-order valence-corrected chi connectivity index (χ1v) is 7.76. The van der Waals surface area contributed by atoms with Gasteiger partial charge in [-0.15, -0.1) is 0 Å². The molecule has 0 aromatic carbocycles. The van der Waals surface area contributed by atoms with Crippen LogP contribution in [0, 0.1) is 23.2 Å². The predicted molar refractivity (Wildman–Crippen MR) is 74.2 cm³/mol. The average molecular weight is 280 g/mol. The highest BCUT2D eigenvalue weighted by molar-refractivity contribution is 5.77. The molecule has 5 heteroatoms. The number of carboxylic acid groups (broad SMARTS) is 1. The molecule has 2 bridgehead atoms. The number of carbonyl (C=O) groups is 2. The van der Waals surface area contributed by atoms with Gasteiger partial charge in [0.15, 0.2) is 0 Å². The summed E-state index contributed by atoms with van der Waals surface area (Å²) in [5.41, 5.74) is 0.248. The summed E-state index contributed by atoms with van der Waals surface area (Å²) in [6, 6.07) is -0.373. The first-order chi connectivity index (χ1) is 9.48. The number of fused-ring (bicyclic) bond motifs is 2. The summed E-state index contributed by atoms with van der Waals surface area (Å²) in [6.07, 6.45) is 6.59. The Hall–Kier alpha value is -1.26. The highest BCUT2D eigenvalue weighted by Gasteiger charge is 2.51. The molecule has 0 aromatic rings. The minimum Gasteiger partial charge on any atom is -0.481 e. The number of nitrogens with one attached hydrogen (secondary N) is 2. The molecular formula is C15H24N2O3. The van der Waals surface area contributed by atoms with E-state index in [1.54, 1.807) is 0 Å². The van der Waals surface area contributed by atoms with Gasteiger partial charge in [-0.1, -0.05) is 13.3 Å². The van der Waals surface area contributed by atoms with Crippen molar-refractivity contribution in [2.24, 2.45) is 23.2 Å². The second-order valence-electron chi connectivity index (χ2n) is 7.21. The molecule has 3 saturated carbocycles. The van der Waals surface area contributed by atoms with E-state index in [4.69, 9.17) is 0 Å². The van der Waals surface area contributed by atoms with Crippen molar-refractivity contribution in [3.63, 3.8) is 0 Å². The van der Waals surface area contributed by atoms with E-state index in [2.05, 4.69) is 17.6 Å². The van der Waals surface area contributed by atoms with Gasteiger partial charge in [0.2, 0.25) is 0 Å². The van der Waals surface area contributed by atoms with Crippen molar-refractivity contribution in [1.82, 2.24) is 10.6 Å². The Balaban J connectivity index is 1.53. The minimum atomic E-state index is -0.756. The summed E-state index contributed by atoms with van der Waals surface area (Å²) in [5, 5.41) is 15.2. The molecule has 20 heavy (non-hydrogen) atoms. The second kappa shape index (κ2) is 4.93. The molecule has 0 heterocycles. The van der Waals surface area contributed by atoms with Crippen LogP contribution in [0.2, 0.25) is 0 Å². The van der Waals surface area contributed by atoms with Gasteiger partial charge in [-0.3, -0.25) is 4.79 Å². The van der Waals surface area contributed by atoms with Crippen molar-refractivity contribution in [2.45, 2.75) is 51.5 Å². The van der Waals surface area contributed by atoms with Crippen LogP contribution < -0.4 is 10.6 Å². The average Bonchev–Trinajstić information content (AvgIpc) is 2.94. The largest absolute Gasteiger partial charge is 0.481 e. The van der Waals surface area contributed by atoms with E-state index in [0.717, 1.165) is 19.3 Å². The van der Waals surface area contributed by atoms with E-state index in [9.17, 15) is 14.7 Å². The summed E-state index contributed by atoms with van der Waals surface area (Å²) in [4.78, 5) is 23.4. The predicted octanol–water partition coefficient (Wildman–Crippen LogP) is 1.98. The molecule has 3 aliphatic carbocycles. The van der Waals surface area contributed by atoms with Gasteiger partial charge in [0.25, 0.3) is 0 Å². The Bertz CT molecular complexity index is 419. The van der Waals surface area contributed by atoms with E-state index in [1.165, 1.54) is 19.3 Å². The maximum Gasteiger partial charge on any atom is 0.315 e. The van der Waals surface area contributed by atoms with Crippen LogP contribution in [-0.4, -0.2) is 29.7 Å². The molecule has 0 saturated heterocycles. The van der Waals surface area contributed by atoms with Crippen LogP contribution in [0.5, 0.6) is 0 Å². The molecule has 5 nitrogen and oxygen atoms in total. The van der Waals surface area contributed by atoms with Crippen LogP contribution in [0.25, 0.3) is 0 Å². The fraction of sp³-hybridized carbons (Fsp3) is 0.867. The molecule has 4 unspecified atom stereocenters. The van der Waals surface area contributed by atoms with Gasteiger partial charge in [-0.25, -0.2) is 4.79 Å². The SMILES string of the molecule is CC1(CNC(=O)NC2C3CCC(C3)C2C(=O)O)CCC1. The Morgan fingerprint density at radius 2 is 1.95 bits per heavy atom. The van der Waals surface area contributed by atoms with Crippen molar-refractivity contribution in [2.75, 3.05) is 6.54 Å². The van der Waals surface area contributed by atoms with Crippen molar-refractivity contribution in [1.29, 1.82) is 0 Å². The van der Waals surface area contributed by atoms with E-state index < -0.39 is 11.9 Å². The molecule has 3 aliphatic rings. The number of amides is 2. The van der Waals surface area contributed by atoms with Crippen LogP contribution >= 0.6 is 0 Å². The Morgan fingerprint density at radius 1 is 1.25 bits per heavy atom. The lowest BCUT2D eigenvalue weighted by Gasteiger charge is -2.38. The molecule has 0 aliphatic heterocycles. The lowest BCUT2D eigenvalue weighted by atomic mass is 9.70. The number of aliphatic carboxylic acids is 1. The third-order valence-corrected chi connectivity index (χ3v) is 5.74. The van der Waals surface area contributed by atoms with Crippen molar-refractivity contribution >= 4 is 12.0 Å². The lowest BCUT2D eigenvalue weighted by molar-refractivity contribution is -0.144. The summed E-state index contributed by atoms with van der Waals surface area (Å²) < 4.78 is 0. The van der Waals surface area contributed by atoms with Gasteiger partial charge < -0.3 is 15.7 Å². The molecule has 0 spiro atoms. The standard InChI is InChI=1S/C15H24N2O3/c1-15(5-2-6-15)8-16-14(20)17-12-10-4-3-9(7-10)11(12)13(18)19/h9-12H,2-8H2,1H3,(H,18,19)(H2,16,17,20). The summed E-state index contributed by atoms with van der Waals surface area (Å²) in [5.74, 6) is -0.537.